The van der Waals surface area contributed by atoms with Crippen LogP contribution in [0.4, 0.5) is 5.82 Å². The van der Waals surface area contributed by atoms with Gasteiger partial charge >= 0.3 is 0 Å². The molecule has 0 radical (unpaired) electrons. The van der Waals surface area contributed by atoms with E-state index >= 15 is 0 Å². The van der Waals surface area contributed by atoms with Gasteiger partial charge in [-0.25, -0.2) is 9.97 Å². The van der Waals surface area contributed by atoms with Crippen LogP contribution in [0.5, 0.6) is 11.5 Å². The van der Waals surface area contributed by atoms with E-state index in [-0.39, 0.29) is 0 Å². The largest absolute Gasteiger partial charge is 0.457 e. The topological polar surface area (TPSA) is 72.4 Å². The molecule has 0 amide bonds. The quantitative estimate of drug-likeness (QED) is 0.344. The zero-order valence-electron chi connectivity index (χ0n) is 22.5. The van der Waals surface area contributed by atoms with Gasteiger partial charge in [0.25, 0.3) is 0 Å². The highest BCUT2D eigenvalue weighted by Crippen LogP contribution is 2.39. The predicted molar refractivity (Wildman–Crippen MR) is 153 cm³/mol. The minimum atomic E-state index is 0.425. The van der Waals surface area contributed by atoms with Crippen LogP contribution in [-0.2, 0) is 0 Å². The number of ether oxygens (including phenoxy) is 1. The minimum Gasteiger partial charge on any atom is -0.457 e. The number of para-hydroxylation sites is 1. The first-order chi connectivity index (χ1) is 18.6. The van der Waals surface area contributed by atoms with Crippen molar-refractivity contribution in [2.75, 3.05) is 31.9 Å². The Labute approximate surface area is 225 Å². The van der Waals surface area contributed by atoms with Gasteiger partial charge in [0.05, 0.1) is 5.39 Å². The van der Waals surface area contributed by atoms with Gasteiger partial charge in [-0.2, -0.15) is 0 Å². The first kappa shape index (κ1) is 24.9. The third kappa shape index (κ3) is 5.00. The number of rotatable bonds is 6. The molecule has 0 atom stereocenters. The Morgan fingerprint density at radius 1 is 0.816 bits per heavy atom. The van der Waals surface area contributed by atoms with Crippen LogP contribution in [0, 0.1) is 0 Å². The molecule has 0 bridgehead atoms. The van der Waals surface area contributed by atoms with Crippen LogP contribution in [0.25, 0.3) is 22.2 Å². The molecule has 7 nitrogen and oxygen atoms in total. The van der Waals surface area contributed by atoms with E-state index in [2.05, 4.69) is 51.5 Å². The summed E-state index contributed by atoms with van der Waals surface area (Å²) in [6, 6.07) is 19.8. The van der Waals surface area contributed by atoms with Gasteiger partial charge in [-0.05, 0) is 69.4 Å². The zero-order valence-corrected chi connectivity index (χ0v) is 22.5. The van der Waals surface area contributed by atoms with Crippen molar-refractivity contribution >= 4 is 16.9 Å². The molecule has 7 heteroatoms. The summed E-state index contributed by atoms with van der Waals surface area (Å²) in [5.41, 5.74) is 9.53. The summed E-state index contributed by atoms with van der Waals surface area (Å²) in [6.07, 6.45) is 8.61. The van der Waals surface area contributed by atoms with Gasteiger partial charge in [-0.15, -0.1) is 0 Å². The summed E-state index contributed by atoms with van der Waals surface area (Å²) < 4.78 is 8.36. The van der Waals surface area contributed by atoms with E-state index in [0.29, 0.717) is 23.9 Å². The molecule has 3 heterocycles. The summed E-state index contributed by atoms with van der Waals surface area (Å²) in [5, 5.41) is 0.941. The van der Waals surface area contributed by atoms with Crippen molar-refractivity contribution in [3.63, 3.8) is 0 Å². The van der Waals surface area contributed by atoms with Crippen LogP contribution in [0.2, 0.25) is 0 Å². The molecule has 2 aromatic carbocycles. The van der Waals surface area contributed by atoms with Crippen molar-refractivity contribution in [2.24, 2.45) is 0 Å². The third-order valence-electron chi connectivity index (χ3n) is 8.44. The molecule has 2 aliphatic rings. The van der Waals surface area contributed by atoms with Crippen molar-refractivity contribution < 1.29 is 4.74 Å². The molecule has 38 heavy (non-hydrogen) atoms. The first-order valence-corrected chi connectivity index (χ1v) is 14.0. The number of aromatic nitrogens is 3. The number of benzene rings is 2. The van der Waals surface area contributed by atoms with E-state index < -0.39 is 0 Å². The second-order valence-corrected chi connectivity index (χ2v) is 11.0. The van der Waals surface area contributed by atoms with Crippen LogP contribution in [0.15, 0.2) is 67.1 Å². The second kappa shape index (κ2) is 10.8. The van der Waals surface area contributed by atoms with E-state index in [0.717, 1.165) is 46.5 Å². The van der Waals surface area contributed by atoms with Gasteiger partial charge in [0.15, 0.2) is 0 Å². The minimum absolute atomic E-state index is 0.425. The fraction of sp³-hybridized carbons (Fsp3) is 0.419. The molecular weight excluding hydrogens is 472 g/mol. The fourth-order valence-electron chi connectivity index (χ4n) is 6.25. The van der Waals surface area contributed by atoms with Crippen LogP contribution in [-0.4, -0.2) is 62.6 Å². The van der Waals surface area contributed by atoms with Gasteiger partial charge in [-0.1, -0.05) is 30.3 Å². The molecule has 2 aromatic heterocycles. The molecule has 2 N–H and O–H groups in total. The SMILES string of the molecule is CC(C)N1CCN([C@H]2CC[C@H](n3cc(-c4ccc(Oc5ccccc5)cc4)c4c(N)ncnc43)CC2)CC1. The van der Waals surface area contributed by atoms with Crippen molar-refractivity contribution in [1.82, 2.24) is 24.3 Å². The van der Waals surface area contributed by atoms with Gasteiger partial charge in [0, 0.05) is 56.1 Å². The Hall–Kier alpha value is -3.42. The second-order valence-electron chi connectivity index (χ2n) is 11.0. The monoisotopic (exact) mass is 510 g/mol. The number of nitrogen functional groups attached to an aromatic ring is 1. The lowest BCUT2D eigenvalue weighted by atomic mass is 9.89. The highest BCUT2D eigenvalue weighted by molar-refractivity contribution is 6.00. The predicted octanol–water partition coefficient (Wildman–Crippen LogP) is 5.98. The Kier molecular flexibility index (Phi) is 7.04. The van der Waals surface area contributed by atoms with Crippen LogP contribution in [0.3, 0.4) is 0 Å². The summed E-state index contributed by atoms with van der Waals surface area (Å²) in [7, 11) is 0. The molecule has 1 aliphatic heterocycles. The van der Waals surface area contributed by atoms with Gasteiger partial charge < -0.3 is 15.0 Å². The molecule has 0 unspecified atom stereocenters. The fourth-order valence-corrected chi connectivity index (χ4v) is 6.25. The van der Waals surface area contributed by atoms with Crippen molar-refractivity contribution in [2.45, 2.75) is 57.7 Å². The number of anilines is 1. The number of nitrogens with zero attached hydrogens (tertiary/aromatic N) is 5. The van der Waals surface area contributed by atoms with Crippen LogP contribution in [0.1, 0.15) is 45.6 Å². The lowest BCUT2D eigenvalue weighted by Gasteiger charge is -2.43. The van der Waals surface area contributed by atoms with Crippen molar-refractivity contribution in [3.8, 4) is 22.6 Å². The van der Waals surface area contributed by atoms with Crippen molar-refractivity contribution in [1.29, 1.82) is 0 Å². The van der Waals surface area contributed by atoms with Crippen LogP contribution < -0.4 is 10.5 Å². The molecule has 2 fully saturated rings. The molecule has 198 valence electrons. The van der Waals surface area contributed by atoms with E-state index in [1.807, 2.05) is 42.5 Å². The standard InChI is InChI=1S/C31H38N6O/c1-22(2)35-16-18-36(19-17-35)24-10-12-25(13-11-24)37-20-28(29-30(32)33-21-34-31(29)37)23-8-14-27(15-9-23)38-26-6-4-3-5-7-26/h3-9,14-15,20-22,24-25H,10-13,16-19H2,1-2H3,(H2,32,33,34)/t24-,25-. The summed E-state index contributed by atoms with van der Waals surface area (Å²) in [6.45, 7) is 9.37. The van der Waals surface area contributed by atoms with Crippen LogP contribution >= 0.6 is 0 Å². The molecule has 1 saturated carbocycles. The van der Waals surface area contributed by atoms with E-state index in [1.54, 1.807) is 6.33 Å². The number of fused-ring (bicyclic) bond motifs is 1. The highest BCUT2D eigenvalue weighted by atomic mass is 16.5. The molecular formula is C31H38N6O. The Balaban J connectivity index is 1.20. The Morgan fingerprint density at radius 2 is 1.47 bits per heavy atom. The van der Waals surface area contributed by atoms with Crippen molar-refractivity contribution in [3.05, 3.63) is 67.1 Å². The average molecular weight is 511 g/mol. The van der Waals surface area contributed by atoms with E-state index in [1.165, 1.54) is 39.0 Å². The first-order valence-electron chi connectivity index (χ1n) is 14.0. The van der Waals surface area contributed by atoms with Gasteiger partial charge in [0.2, 0.25) is 0 Å². The molecule has 0 spiro atoms. The number of nitrogens with two attached hydrogens (primary N) is 1. The number of piperazine rings is 1. The lowest BCUT2D eigenvalue weighted by molar-refractivity contribution is 0.0586. The molecule has 1 saturated heterocycles. The Morgan fingerprint density at radius 3 is 2.16 bits per heavy atom. The van der Waals surface area contributed by atoms with E-state index in [9.17, 15) is 0 Å². The zero-order chi connectivity index (χ0) is 26.1. The molecule has 6 rings (SSSR count). The van der Waals surface area contributed by atoms with E-state index in [4.69, 9.17) is 15.5 Å². The summed E-state index contributed by atoms with van der Waals surface area (Å²) in [5.74, 6) is 2.16. The molecule has 4 aromatic rings. The average Bonchev–Trinajstić information content (AvgIpc) is 3.35. The normalized spacial score (nSPS) is 21.2. The van der Waals surface area contributed by atoms with Gasteiger partial charge in [0.1, 0.15) is 29.3 Å². The summed E-state index contributed by atoms with van der Waals surface area (Å²) in [4.78, 5) is 14.4. The maximum Gasteiger partial charge on any atom is 0.146 e. The number of hydrogen-bond donors (Lipinski definition) is 1. The number of hydrogen-bond acceptors (Lipinski definition) is 6. The maximum absolute atomic E-state index is 6.42. The third-order valence-corrected chi connectivity index (χ3v) is 8.44. The smallest absolute Gasteiger partial charge is 0.146 e. The molecule has 1 aliphatic carbocycles. The maximum atomic E-state index is 6.42. The Bertz CT molecular complexity index is 1350. The summed E-state index contributed by atoms with van der Waals surface area (Å²) >= 11 is 0. The highest BCUT2D eigenvalue weighted by Gasteiger charge is 2.30. The van der Waals surface area contributed by atoms with Gasteiger partial charge in [-0.3, -0.25) is 9.80 Å². The lowest BCUT2D eigenvalue weighted by Crippen LogP contribution is -2.52.